The molecule has 102 valence electrons. The summed E-state index contributed by atoms with van der Waals surface area (Å²) in [6.07, 6.45) is 0.887. The van der Waals surface area contributed by atoms with Gasteiger partial charge in [0, 0.05) is 11.8 Å². The molecule has 1 saturated heterocycles. The first kappa shape index (κ1) is 12.7. The Bertz CT molecular complexity index is 675. The van der Waals surface area contributed by atoms with Crippen LogP contribution in [-0.2, 0) is 14.3 Å². The van der Waals surface area contributed by atoms with Crippen LogP contribution in [0, 0.1) is 0 Å². The van der Waals surface area contributed by atoms with Crippen molar-refractivity contribution in [2.45, 2.75) is 18.9 Å². The second-order valence-corrected chi connectivity index (χ2v) is 4.84. The Morgan fingerprint density at radius 1 is 1.20 bits per heavy atom. The molecule has 3 rings (SSSR count). The number of ether oxygens (including phenoxy) is 1. The van der Waals surface area contributed by atoms with Crippen molar-refractivity contribution >= 4 is 28.3 Å². The van der Waals surface area contributed by atoms with Gasteiger partial charge in [-0.1, -0.05) is 36.4 Å². The third kappa shape index (κ3) is 1.93. The summed E-state index contributed by atoms with van der Waals surface area (Å²) < 4.78 is 4.81. The van der Waals surface area contributed by atoms with Crippen LogP contribution in [0.4, 0.5) is 5.69 Å². The van der Waals surface area contributed by atoms with Gasteiger partial charge in [0.05, 0.1) is 12.8 Å². The second-order valence-electron chi connectivity index (χ2n) is 4.84. The molecular formula is C16H15NO3. The fourth-order valence-electron chi connectivity index (χ4n) is 2.76. The zero-order chi connectivity index (χ0) is 14.1. The number of benzene rings is 2. The van der Waals surface area contributed by atoms with Crippen LogP contribution in [-0.4, -0.2) is 25.0 Å². The lowest BCUT2D eigenvalue weighted by atomic mass is 10.1. The maximum Gasteiger partial charge on any atom is 0.328 e. The standard InChI is InChI=1S/C16H15NO3/c1-20-16(19)14-9-10-15(18)17(14)13-8-4-6-11-5-2-3-7-12(11)13/h2-8,14H,9-10H2,1H3. The summed E-state index contributed by atoms with van der Waals surface area (Å²) in [6.45, 7) is 0. The summed E-state index contributed by atoms with van der Waals surface area (Å²) in [5.74, 6) is -0.388. The predicted octanol–water partition coefficient (Wildman–Crippen LogP) is 2.51. The van der Waals surface area contributed by atoms with E-state index in [1.165, 1.54) is 7.11 Å². The van der Waals surface area contributed by atoms with Crippen LogP contribution in [0.2, 0.25) is 0 Å². The average molecular weight is 269 g/mol. The Morgan fingerprint density at radius 2 is 1.95 bits per heavy atom. The highest BCUT2D eigenvalue weighted by molar-refractivity contribution is 6.08. The first-order valence-corrected chi connectivity index (χ1v) is 6.60. The molecule has 2 aromatic rings. The molecule has 1 aliphatic heterocycles. The highest BCUT2D eigenvalue weighted by Gasteiger charge is 2.38. The van der Waals surface area contributed by atoms with E-state index in [1.54, 1.807) is 4.90 Å². The predicted molar refractivity (Wildman–Crippen MR) is 76.5 cm³/mol. The van der Waals surface area contributed by atoms with E-state index < -0.39 is 6.04 Å². The molecule has 0 bridgehead atoms. The minimum atomic E-state index is -0.515. The summed E-state index contributed by atoms with van der Waals surface area (Å²) in [5, 5.41) is 2.02. The molecular weight excluding hydrogens is 254 g/mol. The number of hydrogen-bond donors (Lipinski definition) is 0. The lowest BCUT2D eigenvalue weighted by molar-refractivity contribution is -0.142. The minimum absolute atomic E-state index is 0.0308. The van der Waals surface area contributed by atoms with Gasteiger partial charge in [0.1, 0.15) is 6.04 Å². The Balaban J connectivity index is 2.13. The molecule has 1 heterocycles. The largest absolute Gasteiger partial charge is 0.467 e. The van der Waals surface area contributed by atoms with Crippen LogP contribution >= 0.6 is 0 Å². The smallest absolute Gasteiger partial charge is 0.328 e. The molecule has 4 nitrogen and oxygen atoms in total. The molecule has 1 atom stereocenters. The normalized spacial score (nSPS) is 18.6. The molecule has 2 aromatic carbocycles. The lowest BCUT2D eigenvalue weighted by Crippen LogP contribution is -2.39. The van der Waals surface area contributed by atoms with E-state index in [0.29, 0.717) is 12.8 Å². The van der Waals surface area contributed by atoms with E-state index in [-0.39, 0.29) is 11.9 Å². The third-order valence-electron chi connectivity index (χ3n) is 3.71. The van der Waals surface area contributed by atoms with Crippen molar-refractivity contribution < 1.29 is 14.3 Å². The molecule has 0 N–H and O–H groups in total. The quantitative estimate of drug-likeness (QED) is 0.787. The zero-order valence-electron chi connectivity index (χ0n) is 11.2. The highest BCUT2D eigenvalue weighted by atomic mass is 16.5. The molecule has 1 unspecified atom stereocenters. The van der Waals surface area contributed by atoms with E-state index in [1.807, 2.05) is 42.5 Å². The van der Waals surface area contributed by atoms with Crippen molar-refractivity contribution in [2.75, 3.05) is 12.0 Å². The zero-order valence-corrected chi connectivity index (χ0v) is 11.2. The van der Waals surface area contributed by atoms with Gasteiger partial charge in [0.2, 0.25) is 5.91 Å². The first-order valence-electron chi connectivity index (χ1n) is 6.60. The van der Waals surface area contributed by atoms with Gasteiger partial charge < -0.3 is 4.74 Å². The van der Waals surface area contributed by atoms with Crippen molar-refractivity contribution in [3.05, 3.63) is 42.5 Å². The molecule has 0 saturated carbocycles. The number of rotatable bonds is 2. The summed E-state index contributed by atoms with van der Waals surface area (Å²) >= 11 is 0. The van der Waals surface area contributed by atoms with Crippen molar-refractivity contribution in [3.63, 3.8) is 0 Å². The number of fused-ring (bicyclic) bond motifs is 1. The summed E-state index contributed by atoms with van der Waals surface area (Å²) in [7, 11) is 1.35. The number of carbonyl (C=O) groups is 2. The molecule has 1 aliphatic rings. The number of esters is 1. The van der Waals surface area contributed by atoms with Crippen LogP contribution in [0.25, 0.3) is 10.8 Å². The molecule has 1 fully saturated rings. The van der Waals surface area contributed by atoms with E-state index in [0.717, 1.165) is 16.5 Å². The van der Waals surface area contributed by atoms with Crippen LogP contribution < -0.4 is 4.90 Å². The van der Waals surface area contributed by atoms with E-state index >= 15 is 0 Å². The number of anilines is 1. The molecule has 0 radical (unpaired) electrons. The Kier molecular flexibility index (Phi) is 3.14. The van der Waals surface area contributed by atoms with Gasteiger partial charge in [-0.05, 0) is 17.9 Å². The Hall–Kier alpha value is -2.36. The number of amides is 1. The minimum Gasteiger partial charge on any atom is -0.467 e. The molecule has 0 aliphatic carbocycles. The van der Waals surface area contributed by atoms with Gasteiger partial charge in [-0.15, -0.1) is 0 Å². The fraction of sp³-hybridized carbons (Fsp3) is 0.250. The Morgan fingerprint density at radius 3 is 2.75 bits per heavy atom. The Labute approximate surface area is 116 Å². The topological polar surface area (TPSA) is 46.6 Å². The summed E-state index contributed by atoms with van der Waals surface area (Å²) in [6, 6.07) is 13.1. The van der Waals surface area contributed by atoms with E-state index in [2.05, 4.69) is 0 Å². The maximum atomic E-state index is 12.2. The SMILES string of the molecule is COC(=O)C1CCC(=O)N1c1cccc2ccccc12. The molecule has 20 heavy (non-hydrogen) atoms. The number of methoxy groups -OCH3 is 1. The van der Waals surface area contributed by atoms with Crippen molar-refractivity contribution in [1.29, 1.82) is 0 Å². The van der Waals surface area contributed by atoms with Crippen LogP contribution in [0.15, 0.2) is 42.5 Å². The molecule has 0 aromatic heterocycles. The van der Waals surface area contributed by atoms with Gasteiger partial charge in [-0.2, -0.15) is 0 Å². The summed E-state index contributed by atoms with van der Waals surface area (Å²) in [5.41, 5.74) is 0.779. The number of hydrogen-bond acceptors (Lipinski definition) is 3. The fourth-order valence-corrected chi connectivity index (χ4v) is 2.76. The summed E-state index contributed by atoms with van der Waals surface area (Å²) in [4.78, 5) is 25.6. The molecule has 0 spiro atoms. The number of carbonyl (C=O) groups excluding carboxylic acids is 2. The number of nitrogens with zero attached hydrogens (tertiary/aromatic N) is 1. The monoisotopic (exact) mass is 269 g/mol. The van der Waals surface area contributed by atoms with E-state index in [4.69, 9.17) is 4.74 Å². The lowest BCUT2D eigenvalue weighted by Gasteiger charge is -2.24. The second kappa shape index (κ2) is 4.96. The maximum absolute atomic E-state index is 12.2. The van der Waals surface area contributed by atoms with Gasteiger partial charge in [0.15, 0.2) is 0 Å². The van der Waals surface area contributed by atoms with Gasteiger partial charge in [-0.25, -0.2) is 4.79 Å². The molecule has 1 amide bonds. The van der Waals surface area contributed by atoms with Gasteiger partial charge in [-0.3, -0.25) is 9.69 Å². The highest BCUT2D eigenvalue weighted by Crippen LogP contribution is 2.33. The van der Waals surface area contributed by atoms with Crippen LogP contribution in [0.1, 0.15) is 12.8 Å². The van der Waals surface area contributed by atoms with Gasteiger partial charge in [0.25, 0.3) is 0 Å². The first-order chi connectivity index (χ1) is 9.72. The van der Waals surface area contributed by atoms with Crippen molar-refractivity contribution in [3.8, 4) is 0 Å². The van der Waals surface area contributed by atoms with Crippen LogP contribution in [0.3, 0.4) is 0 Å². The van der Waals surface area contributed by atoms with Crippen molar-refractivity contribution in [2.24, 2.45) is 0 Å². The van der Waals surface area contributed by atoms with E-state index in [9.17, 15) is 9.59 Å². The van der Waals surface area contributed by atoms with Crippen LogP contribution in [0.5, 0.6) is 0 Å². The third-order valence-corrected chi connectivity index (χ3v) is 3.71. The van der Waals surface area contributed by atoms with Crippen molar-refractivity contribution in [1.82, 2.24) is 0 Å². The van der Waals surface area contributed by atoms with Gasteiger partial charge >= 0.3 is 5.97 Å². The molecule has 4 heteroatoms. The average Bonchev–Trinajstić information content (AvgIpc) is 2.87.